The van der Waals surface area contributed by atoms with Crippen molar-refractivity contribution in [2.24, 2.45) is 7.05 Å². The van der Waals surface area contributed by atoms with E-state index in [1.54, 1.807) is 30.1 Å². The lowest BCUT2D eigenvalue weighted by Crippen LogP contribution is -2.24. The summed E-state index contributed by atoms with van der Waals surface area (Å²) in [5.74, 6) is 0. The van der Waals surface area contributed by atoms with Crippen molar-refractivity contribution in [3.8, 4) is 0 Å². The Labute approximate surface area is 140 Å². The molecule has 2 rings (SSSR count). The van der Waals surface area contributed by atoms with Crippen LogP contribution in [0.5, 0.6) is 0 Å². The van der Waals surface area contributed by atoms with Crippen LogP contribution in [0.1, 0.15) is 11.3 Å². The highest BCUT2D eigenvalue weighted by molar-refractivity contribution is 9.11. The molecule has 6 nitrogen and oxygen atoms in total. The van der Waals surface area contributed by atoms with E-state index in [4.69, 9.17) is 5.73 Å². The molecule has 3 N–H and O–H groups in total. The van der Waals surface area contributed by atoms with Crippen LogP contribution in [-0.4, -0.2) is 18.2 Å². The van der Waals surface area contributed by atoms with Gasteiger partial charge in [0.05, 0.1) is 11.4 Å². The summed E-state index contributed by atoms with van der Waals surface area (Å²) in [4.78, 5) is 0.0345. The number of nitrogens with zero attached hydrogens (tertiary/aromatic N) is 2. The van der Waals surface area contributed by atoms with Crippen molar-refractivity contribution in [3.05, 3.63) is 38.5 Å². The summed E-state index contributed by atoms with van der Waals surface area (Å²) in [6.45, 7) is 1.98. The Kier molecular flexibility index (Phi) is 4.76. The van der Waals surface area contributed by atoms with Gasteiger partial charge in [0.25, 0.3) is 0 Å². The maximum atomic E-state index is 12.4. The molecule has 0 bridgehead atoms. The van der Waals surface area contributed by atoms with Crippen LogP contribution in [0.15, 0.2) is 32.2 Å². The van der Waals surface area contributed by atoms with Gasteiger partial charge < -0.3 is 5.73 Å². The van der Waals surface area contributed by atoms with E-state index in [1.165, 1.54) is 0 Å². The number of benzene rings is 1. The fraction of sp³-hybridized carbons (Fsp3) is 0.250. The number of nitrogens with one attached hydrogen (secondary N) is 1. The van der Waals surface area contributed by atoms with E-state index in [1.807, 2.05) is 6.92 Å². The third-order valence-corrected chi connectivity index (χ3v) is 5.74. The Morgan fingerprint density at radius 3 is 2.57 bits per heavy atom. The average molecular weight is 438 g/mol. The number of aromatic nitrogens is 2. The van der Waals surface area contributed by atoms with Crippen LogP contribution < -0.4 is 10.5 Å². The van der Waals surface area contributed by atoms with Gasteiger partial charge in [-0.1, -0.05) is 15.9 Å². The van der Waals surface area contributed by atoms with Crippen LogP contribution >= 0.6 is 31.9 Å². The molecule has 0 saturated heterocycles. The predicted octanol–water partition coefficient (Wildman–Crippen LogP) is 2.31. The Balaban J connectivity index is 2.29. The summed E-state index contributed by atoms with van der Waals surface area (Å²) in [5, 5.41) is 4.17. The van der Waals surface area contributed by atoms with E-state index in [2.05, 4.69) is 41.7 Å². The molecule has 114 valence electrons. The van der Waals surface area contributed by atoms with Crippen molar-refractivity contribution < 1.29 is 8.42 Å². The molecule has 1 heterocycles. The second-order valence-electron chi connectivity index (χ2n) is 4.54. The summed E-state index contributed by atoms with van der Waals surface area (Å²) in [6, 6.07) is 3.19. The molecule has 2 aromatic rings. The van der Waals surface area contributed by atoms with Gasteiger partial charge in [0, 0.05) is 34.3 Å². The quantitative estimate of drug-likeness (QED) is 0.718. The molecule has 0 radical (unpaired) electrons. The van der Waals surface area contributed by atoms with Gasteiger partial charge in [0.15, 0.2) is 0 Å². The number of nitrogen functional groups attached to an aromatic ring is 1. The molecule has 0 amide bonds. The Morgan fingerprint density at radius 2 is 2.05 bits per heavy atom. The molecular formula is C12H14Br2N4O2S. The first-order valence-electron chi connectivity index (χ1n) is 5.94. The monoisotopic (exact) mass is 436 g/mol. The lowest BCUT2D eigenvalue weighted by Gasteiger charge is -2.11. The SMILES string of the molecule is Cc1nn(C)cc1CNS(=O)(=O)c1c(N)cc(Br)cc1Br. The van der Waals surface area contributed by atoms with Crippen LogP contribution in [0.25, 0.3) is 0 Å². The molecule has 0 aliphatic rings. The molecule has 1 aromatic heterocycles. The highest BCUT2D eigenvalue weighted by Crippen LogP contribution is 2.31. The minimum atomic E-state index is -3.72. The number of rotatable bonds is 4. The highest BCUT2D eigenvalue weighted by atomic mass is 79.9. The molecule has 0 unspecified atom stereocenters. The Morgan fingerprint density at radius 1 is 1.38 bits per heavy atom. The second-order valence-corrected chi connectivity index (χ2v) is 8.02. The van der Waals surface area contributed by atoms with Crippen molar-refractivity contribution in [2.75, 3.05) is 5.73 Å². The topological polar surface area (TPSA) is 90.0 Å². The van der Waals surface area contributed by atoms with Gasteiger partial charge in [-0.15, -0.1) is 0 Å². The fourth-order valence-corrected chi connectivity index (χ4v) is 5.00. The summed E-state index contributed by atoms with van der Waals surface area (Å²) < 4.78 is 30.1. The molecule has 0 saturated carbocycles. The molecule has 0 aliphatic carbocycles. The third-order valence-electron chi connectivity index (χ3n) is 2.87. The zero-order chi connectivity index (χ0) is 15.8. The van der Waals surface area contributed by atoms with E-state index in [0.717, 1.165) is 11.3 Å². The number of aryl methyl sites for hydroxylation is 2. The molecule has 0 fully saturated rings. The van der Waals surface area contributed by atoms with E-state index >= 15 is 0 Å². The summed E-state index contributed by atoms with van der Waals surface area (Å²) in [7, 11) is -1.94. The lowest BCUT2D eigenvalue weighted by molar-refractivity contribution is 0.581. The molecule has 0 atom stereocenters. The van der Waals surface area contributed by atoms with E-state index < -0.39 is 10.0 Å². The van der Waals surface area contributed by atoms with Crippen LogP contribution in [-0.2, 0) is 23.6 Å². The minimum absolute atomic E-state index is 0.0345. The minimum Gasteiger partial charge on any atom is -0.398 e. The lowest BCUT2D eigenvalue weighted by atomic mass is 10.3. The molecule has 9 heteroatoms. The van der Waals surface area contributed by atoms with Crippen molar-refractivity contribution in [2.45, 2.75) is 18.4 Å². The summed E-state index contributed by atoms with van der Waals surface area (Å²) >= 11 is 6.50. The van der Waals surface area contributed by atoms with Gasteiger partial charge in [0.2, 0.25) is 10.0 Å². The third kappa shape index (κ3) is 3.65. The van der Waals surface area contributed by atoms with Crippen LogP contribution in [0.2, 0.25) is 0 Å². The van der Waals surface area contributed by atoms with E-state index in [0.29, 0.717) is 8.95 Å². The van der Waals surface area contributed by atoms with Gasteiger partial charge >= 0.3 is 0 Å². The van der Waals surface area contributed by atoms with Gasteiger partial charge in [-0.2, -0.15) is 5.10 Å². The maximum absolute atomic E-state index is 12.4. The number of hydrogen-bond donors (Lipinski definition) is 2. The van der Waals surface area contributed by atoms with Gasteiger partial charge in [-0.25, -0.2) is 13.1 Å². The Hall–Kier alpha value is -0.900. The maximum Gasteiger partial charge on any atom is 0.244 e. The standard InChI is InChI=1S/C12H14Br2N4O2S/c1-7-8(6-18(2)17-7)5-16-21(19,20)12-10(14)3-9(13)4-11(12)15/h3-4,6,16H,5,15H2,1-2H3. The fourth-order valence-electron chi connectivity index (χ4n) is 1.93. The summed E-state index contributed by atoms with van der Waals surface area (Å²) in [5.41, 5.74) is 7.58. The number of anilines is 1. The first-order valence-corrected chi connectivity index (χ1v) is 9.01. The first-order chi connectivity index (χ1) is 9.70. The zero-order valence-electron chi connectivity index (χ0n) is 11.4. The van der Waals surface area contributed by atoms with Gasteiger partial charge in [-0.3, -0.25) is 4.68 Å². The summed E-state index contributed by atoms with van der Waals surface area (Å²) in [6.07, 6.45) is 1.78. The number of sulfonamides is 1. The number of halogens is 2. The predicted molar refractivity (Wildman–Crippen MR) is 88.2 cm³/mol. The number of nitrogens with two attached hydrogens (primary N) is 1. The average Bonchev–Trinajstić information content (AvgIpc) is 2.63. The van der Waals surface area contributed by atoms with Crippen molar-refractivity contribution in [3.63, 3.8) is 0 Å². The van der Waals surface area contributed by atoms with Gasteiger partial charge in [-0.05, 0) is 35.0 Å². The van der Waals surface area contributed by atoms with Crippen LogP contribution in [0, 0.1) is 6.92 Å². The normalized spacial score (nSPS) is 11.8. The van der Waals surface area contributed by atoms with Crippen molar-refractivity contribution in [1.82, 2.24) is 14.5 Å². The molecule has 1 aromatic carbocycles. The highest BCUT2D eigenvalue weighted by Gasteiger charge is 2.22. The van der Waals surface area contributed by atoms with Gasteiger partial charge in [0.1, 0.15) is 4.90 Å². The second kappa shape index (κ2) is 6.07. The molecule has 21 heavy (non-hydrogen) atoms. The smallest absolute Gasteiger partial charge is 0.244 e. The first kappa shape index (κ1) is 16.5. The van der Waals surface area contributed by atoms with Crippen molar-refractivity contribution >= 4 is 47.6 Å². The molecule has 0 aliphatic heterocycles. The Bertz CT molecular complexity index is 764. The van der Waals surface area contributed by atoms with E-state index in [9.17, 15) is 8.42 Å². The largest absolute Gasteiger partial charge is 0.398 e. The zero-order valence-corrected chi connectivity index (χ0v) is 15.4. The van der Waals surface area contributed by atoms with E-state index in [-0.39, 0.29) is 17.1 Å². The van der Waals surface area contributed by atoms with Crippen LogP contribution in [0.4, 0.5) is 5.69 Å². The number of hydrogen-bond acceptors (Lipinski definition) is 4. The van der Waals surface area contributed by atoms with Crippen LogP contribution in [0.3, 0.4) is 0 Å². The molecular weight excluding hydrogens is 424 g/mol. The molecule has 0 spiro atoms. The van der Waals surface area contributed by atoms with Crippen molar-refractivity contribution in [1.29, 1.82) is 0 Å².